The van der Waals surface area contributed by atoms with Crippen LogP contribution in [0.5, 0.6) is 0 Å². The van der Waals surface area contributed by atoms with E-state index in [-0.39, 0.29) is 5.69 Å². The number of hydrogen-bond acceptors (Lipinski definition) is 4. The Hall–Kier alpha value is -2.47. The van der Waals surface area contributed by atoms with Crippen LogP contribution in [0.25, 0.3) is 10.7 Å². The molecule has 0 saturated heterocycles. The lowest BCUT2D eigenvalue weighted by Gasteiger charge is -2.08. The van der Waals surface area contributed by atoms with Crippen molar-refractivity contribution in [2.24, 2.45) is 0 Å². The molecule has 3 rings (SSSR count). The monoisotopic (exact) mass is 285 g/mol. The molecule has 0 fully saturated rings. The Bertz CT molecular complexity index is 734. The van der Waals surface area contributed by atoms with Crippen molar-refractivity contribution in [3.63, 3.8) is 0 Å². The Morgan fingerprint density at radius 3 is 2.90 bits per heavy atom. The van der Waals surface area contributed by atoms with Gasteiger partial charge in [0.2, 0.25) is 0 Å². The molecule has 0 atom stereocenters. The number of carbonyl (C=O) groups is 1. The number of nitrogens with zero attached hydrogens (tertiary/aromatic N) is 3. The Labute approximate surface area is 119 Å². The molecule has 20 heavy (non-hydrogen) atoms. The molecule has 6 heteroatoms. The van der Waals surface area contributed by atoms with Gasteiger partial charge in [-0.15, -0.1) is 11.3 Å². The second-order valence-corrected chi connectivity index (χ2v) is 5.12. The van der Waals surface area contributed by atoms with Crippen LogP contribution < -0.4 is 0 Å². The summed E-state index contributed by atoms with van der Waals surface area (Å²) in [5, 5.41) is 11.1. The van der Waals surface area contributed by atoms with E-state index in [2.05, 4.69) is 9.97 Å². The standard InChI is InChI=1S/C14H11N3O2S/c18-14(19)12-10(3-1-5-15-12)9-17-7-6-16-13(17)11-4-2-8-20-11/h1-8H,9H2,(H,18,19). The fourth-order valence-electron chi connectivity index (χ4n) is 2.01. The third kappa shape index (κ3) is 2.33. The first-order chi connectivity index (χ1) is 9.75. The number of rotatable bonds is 4. The molecule has 5 nitrogen and oxygen atoms in total. The summed E-state index contributed by atoms with van der Waals surface area (Å²) in [6.07, 6.45) is 5.04. The van der Waals surface area contributed by atoms with Crippen LogP contribution in [0.3, 0.4) is 0 Å². The van der Waals surface area contributed by atoms with E-state index < -0.39 is 5.97 Å². The molecule has 1 N–H and O–H groups in total. The molecule has 3 heterocycles. The third-order valence-electron chi connectivity index (χ3n) is 2.89. The summed E-state index contributed by atoms with van der Waals surface area (Å²) >= 11 is 1.60. The molecule has 0 amide bonds. The van der Waals surface area contributed by atoms with Crippen LogP contribution in [-0.2, 0) is 6.54 Å². The van der Waals surface area contributed by atoms with Crippen molar-refractivity contribution in [3.8, 4) is 10.7 Å². The molecule has 3 aromatic rings. The second kappa shape index (κ2) is 5.26. The highest BCUT2D eigenvalue weighted by Gasteiger charge is 2.13. The molecular formula is C14H11N3O2S. The van der Waals surface area contributed by atoms with Gasteiger partial charge < -0.3 is 9.67 Å². The Kier molecular flexibility index (Phi) is 3.30. The van der Waals surface area contributed by atoms with E-state index >= 15 is 0 Å². The predicted octanol–water partition coefficient (Wildman–Crippen LogP) is 2.75. The minimum atomic E-state index is -1.02. The summed E-state index contributed by atoms with van der Waals surface area (Å²) in [6, 6.07) is 7.47. The van der Waals surface area contributed by atoms with Gasteiger partial charge in [0.25, 0.3) is 0 Å². The van der Waals surface area contributed by atoms with Gasteiger partial charge in [-0.3, -0.25) is 0 Å². The molecule has 3 aromatic heterocycles. The smallest absolute Gasteiger partial charge is 0.354 e. The summed E-state index contributed by atoms with van der Waals surface area (Å²) in [5.74, 6) is -0.182. The molecule has 0 unspecified atom stereocenters. The molecule has 0 saturated carbocycles. The lowest BCUT2D eigenvalue weighted by Crippen LogP contribution is -2.09. The lowest BCUT2D eigenvalue weighted by molar-refractivity contribution is 0.0689. The first-order valence-corrected chi connectivity index (χ1v) is 6.86. The van der Waals surface area contributed by atoms with Crippen LogP contribution in [0.15, 0.2) is 48.2 Å². The van der Waals surface area contributed by atoms with Crippen LogP contribution in [-0.4, -0.2) is 25.6 Å². The summed E-state index contributed by atoms with van der Waals surface area (Å²) in [5.41, 5.74) is 0.745. The maximum absolute atomic E-state index is 11.2. The number of aromatic nitrogens is 3. The fourth-order valence-corrected chi connectivity index (χ4v) is 2.75. The zero-order valence-corrected chi connectivity index (χ0v) is 11.2. The second-order valence-electron chi connectivity index (χ2n) is 4.17. The van der Waals surface area contributed by atoms with E-state index in [0.29, 0.717) is 12.1 Å². The van der Waals surface area contributed by atoms with Gasteiger partial charge in [-0.1, -0.05) is 12.1 Å². The summed E-state index contributed by atoms with van der Waals surface area (Å²) in [6.45, 7) is 0.433. The predicted molar refractivity (Wildman–Crippen MR) is 75.8 cm³/mol. The number of hydrogen-bond donors (Lipinski definition) is 1. The highest BCUT2D eigenvalue weighted by Crippen LogP contribution is 2.23. The SMILES string of the molecule is O=C(O)c1ncccc1Cn1ccnc1-c1cccs1. The van der Waals surface area contributed by atoms with E-state index in [1.165, 1.54) is 6.20 Å². The molecule has 0 aliphatic carbocycles. The lowest BCUT2D eigenvalue weighted by atomic mass is 10.2. The minimum absolute atomic E-state index is 0.0818. The maximum atomic E-state index is 11.2. The minimum Gasteiger partial charge on any atom is -0.477 e. The molecule has 0 radical (unpaired) electrons. The van der Waals surface area contributed by atoms with E-state index in [1.54, 1.807) is 29.7 Å². The number of aromatic carboxylic acids is 1. The third-order valence-corrected chi connectivity index (χ3v) is 3.76. The van der Waals surface area contributed by atoms with Gasteiger partial charge in [0, 0.05) is 24.2 Å². The zero-order valence-electron chi connectivity index (χ0n) is 10.4. The van der Waals surface area contributed by atoms with Crippen molar-refractivity contribution in [1.29, 1.82) is 0 Å². The van der Waals surface area contributed by atoms with Crippen molar-refractivity contribution >= 4 is 17.3 Å². The van der Waals surface area contributed by atoms with E-state index in [0.717, 1.165) is 10.7 Å². The summed E-state index contributed by atoms with van der Waals surface area (Å²) < 4.78 is 1.93. The molecular weight excluding hydrogens is 274 g/mol. The maximum Gasteiger partial charge on any atom is 0.354 e. The number of pyridine rings is 1. The molecule has 0 aromatic carbocycles. The quantitative estimate of drug-likeness (QED) is 0.800. The van der Waals surface area contributed by atoms with Gasteiger partial charge >= 0.3 is 5.97 Å². The van der Waals surface area contributed by atoms with Gasteiger partial charge in [0.15, 0.2) is 5.69 Å². The molecule has 0 spiro atoms. The highest BCUT2D eigenvalue weighted by molar-refractivity contribution is 7.13. The number of carboxylic acid groups (broad SMARTS) is 1. The number of thiophene rings is 1. The molecule has 100 valence electrons. The van der Waals surface area contributed by atoms with Gasteiger partial charge in [-0.05, 0) is 17.5 Å². The fraction of sp³-hybridized carbons (Fsp3) is 0.0714. The van der Waals surface area contributed by atoms with Crippen molar-refractivity contribution in [2.75, 3.05) is 0 Å². The van der Waals surface area contributed by atoms with E-state index in [1.807, 2.05) is 28.3 Å². The van der Waals surface area contributed by atoms with E-state index in [9.17, 15) is 4.79 Å². The first-order valence-electron chi connectivity index (χ1n) is 5.98. The molecule has 0 bridgehead atoms. The van der Waals surface area contributed by atoms with Crippen LogP contribution >= 0.6 is 11.3 Å². The topological polar surface area (TPSA) is 68.0 Å². The summed E-state index contributed by atoms with van der Waals surface area (Å²) in [4.78, 5) is 20.5. The largest absolute Gasteiger partial charge is 0.477 e. The van der Waals surface area contributed by atoms with Crippen molar-refractivity contribution in [1.82, 2.24) is 14.5 Å². The summed E-state index contributed by atoms with van der Waals surface area (Å²) in [7, 11) is 0. The van der Waals surface area contributed by atoms with Crippen LogP contribution in [0.2, 0.25) is 0 Å². The Morgan fingerprint density at radius 2 is 2.15 bits per heavy atom. The van der Waals surface area contributed by atoms with Gasteiger partial charge in [-0.2, -0.15) is 0 Å². The van der Waals surface area contributed by atoms with E-state index in [4.69, 9.17) is 5.11 Å². The molecule has 0 aliphatic rings. The Morgan fingerprint density at radius 1 is 1.25 bits per heavy atom. The number of imidazole rings is 1. The van der Waals surface area contributed by atoms with Crippen molar-refractivity contribution in [2.45, 2.75) is 6.54 Å². The van der Waals surface area contributed by atoms with Crippen LogP contribution in [0, 0.1) is 0 Å². The first kappa shape index (κ1) is 12.6. The normalized spacial score (nSPS) is 10.6. The average Bonchev–Trinajstić information content (AvgIpc) is 3.09. The van der Waals surface area contributed by atoms with Crippen molar-refractivity contribution < 1.29 is 9.90 Å². The van der Waals surface area contributed by atoms with Crippen LogP contribution in [0.4, 0.5) is 0 Å². The number of carboxylic acids is 1. The highest BCUT2D eigenvalue weighted by atomic mass is 32.1. The average molecular weight is 285 g/mol. The van der Waals surface area contributed by atoms with Crippen molar-refractivity contribution in [3.05, 3.63) is 59.5 Å². The van der Waals surface area contributed by atoms with Gasteiger partial charge in [-0.25, -0.2) is 14.8 Å². The molecule has 0 aliphatic heterocycles. The zero-order chi connectivity index (χ0) is 13.9. The van der Waals surface area contributed by atoms with Gasteiger partial charge in [0.05, 0.1) is 11.4 Å². The van der Waals surface area contributed by atoms with Gasteiger partial charge in [0.1, 0.15) is 5.82 Å². The van der Waals surface area contributed by atoms with Crippen LogP contribution in [0.1, 0.15) is 16.1 Å². The Balaban J connectivity index is 1.97.